The van der Waals surface area contributed by atoms with Crippen LogP contribution in [-0.4, -0.2) is 6.61 Å². The van der Waals surface area contributed by atoms with Gasteiger partial charge in [-0.25, -0.2) is 0 Å². The predicted molar refractivity (Wildman–Crippen MR) is 90.4 cm³/mol. The van der Waals surface area contributed by atoms with Gasteiger partial charge in [0.25, 0.3) is 0 Å². The van der Waals surface area contributed by atoms with Crippen LogP contribution in [0, 0.1) is 0 Å². The fourth-order valence-electron chi connectivity index (χ4n) is 2.05. The molecule has 2 nitrogen and oxygen atoms in total. The van der Waals surface area contributed by atoms with Gasteiger partial charge in [0.15, 0.2) is 0 Å². The van der Waals surface area contributed by atoms with Gasteiger partial charge in [-0.15, -0.1) is 0 Å². The summed E-state index contributed by atoms with van der Waals surface area (Å²) < 4.78 is 5.58. The molecule has 0 heterocycles. The van der Waals surface area contributed by atoms with Crippen LogP contribution in [0.4, 0.5) is 5.69 Å². The molecule has 1 N–H and O–H groups in total. The maximum atomic E-state index is 6.23. The smallest absolute Gasteiger partial charge is 0.137 e. The molecule has 0 fully saturated rings. The van der Waals surface area contributed by atoms with Crippen molar-refractivity contribution in [2.75, 3.05) is 11.9 Å². The van der Waals surface area contributed by atoms with E-state index in [1.54, 1.807) is 0 Å². The molecule has 0 saturated carbocycles. The van der Waals surface area contributed by atoms with Crippen LogP contribution >= 0.6 is 11.6 Å². The minimum Gasteiger partial charge on any atom is -0.492 e. The van der Waals surface area contributed by atoms with E-state index in [1.165, 1.54) is 5.56 Å². The summed E-state index contributed by atoms with van der Waals surface area (Å²) >= 11 is 6.23. The number of benzene rings is 2. The van der Waals surface area contributed by atoms with Gasteiger partial charge in [0, 0.05) is 12.2 Å². The molecule has 0 unspecified atom stereocenters. The van der Waals surface area contributed by atoms with Gasteiger partial charge in [0.05, 0.1) is 11.6 Å². The molecule has 0 aliphatic heterocycles. The van der Waals surface area contributed by atoms with Crippen molar-refractivity contribution >= 4 is 17.3 Å². The first kappa shape index (κ1) is 15.7. The first-order valence-corrected chi connectivity index (χ1v) is 7.84. The molecule has 0 aliphatic rings. The highest BCUT2D eigenvalue weighted by Gasteiger charge is 2.03. The molecule has 0 spiro atoms. The number of halogens is 1. The standard InChI is InChI=1S/C18H22ClNO/c1-3-11-21-18-10-7-15(12-17(18)19)13-20-16-8-5-14(4-2)6-9-16/h5-10,12,20H,3-4,11,13H2,1-2H3. The van der Waals surface area contributed by atoms with Gasteiger partial charge in [-0.1, -0.05) is 43.6 Å². The van der Waals surface area contributed by atoms with Gasteiger partial charge < -0.3 is 10.1 Å². The molecule has 0 bridgehead atoms. The Kier molecular flexibility index (Phi) is 5.94. The number of hydrogen-bond acceptors (Lipinski definition) is 2. The first-order valence-electron chi connectivity index (χ1n) is 7.47. The molecule has 0 aliphatic carbocycles. The lowest BCUT2D eigenvalue weighted by atomic mass is 10.1. The molecule has 0 amide bonds. The Balaban J connectivity index is 1.94. The third-order valence-corrected chi connectivity index (χ3v) is 3.61. The van der Waals surface area contributed by atoms with E-state index >= 15 is 0 Å². The average molecular weight is 304 g/mol. The summed E-state index contributed by atoms with van der Waals surface area (Å²) in [6.07, 6.45) is 2.04. The van der Waals surface area contributed by atoms with Crippen LogP contribution in [0.15, 0.2) is 42.5 Å². The van der Waals surface area contributed by atoms with Crippen molar-refractivity contribution in [3.8, 4) is 5.75 Å². The average Bonchev–Trinajstić information content (AvgIpc) is 2.52. The summed E-state index contributed by atoms with van der Waals surface area (Å²) in [5.74, 6) is 0.759. The lowest BCUT2D eigenvalue weighted by molar-refractivity contribution is 0.317. The van der Waals surface area contributed by atoms with Crippen LogP contribution < -0.4 is 10.1 Å². The number of aryl methyl sites for hydroxylation is 1. The lowest BCUT2D eigenvalue weighted by Crippen LogP contribution is -2.00. The summed E-state index contributed by atoms with van der Waals surface area (Å²) in [5.41, 5.74) is 3.61. The van der Waals surface area contributed by atoms with Gasteiger partial charge in [0.1, 0.15) is 5.75 Å². The second-order valence-electron chi connectivity index (χ2n) is 5.02. The molecular formula is C18H22ClNO. The van der Waals surface area contributed by atoms with Gasteiger partial charge in [-0.05, 0) is 48.2 Å². The molecule has 0 radical (unpaired) electrons. The van der Waals surface area contributed by atoms with Crippen molar-refractivity contribution in [3.05, 3.63) is 58.6 Å². The summed E-state index contributed by atoms with van der Waals surface area (Å²) in [6.45, 7) is 5.68. The molecule has 2 rings (SSSR count). The van der Waals surface area contributed by atoms with Gasteiger partial charge >= 0.3 is 0 Å². The maximum absolute atomic E-state index is 6.23. The van der Waals surface area contributed by atoms with E-state index in [2.05, 4.69) is 43.4 Å². The number of hydrogen-bond donors (Lipinski definition) is 1. The second kappa shape index (κ2) is 7.94. The minimum atomic E-state index is 0.670. The topological polar surface area (TPSA) is 21.3 Å². The molecule has 3 heteroatoms. The van der Waals surface area contributed by atoms with E-state index < -0.39 is 0 Å². The number of rotatable bonds is 7. The van der Waals surface area contributed by atoms with Gasteiger partial charge in [-0.2, -0.15) is 0 Å². The zero-order valence-electron chi connectivity index (χ0n) is 12.7. The van der Waals surface area contributed by atoms with Crippen molar-refractivity contribution in [3.63, 3.8) is 0 Å². The maximum Gasteiger partial charge on any atom is 0.137 e. The molecule has 0 atom stereocenters. The zero-order chi connectivity index (χ0) is 15.1. The summed E-state index contributed by atoms with van der Waals surface area (Å²) in [6, 6.07) is 14.5. The largest absolute Gasteiger partial charge is 0.492 e. The fourth-order valence-corrected chi connectivity index (χ4v) is 2.30. The number of ether oxygens (including phenoxy) is 1. The minimum absolute atomic E-state index is 0.670. The summed E-state index contributed by atoms with van der Waals surface area (Å²) in [5, 5.41) is 4.07. The van der Waals surface area contributed by atoms with Gasteiger partial charge in [0.2, 0.25) is 0 Å². The molecule has 112 valence electrons. The number of anilines is 1. The molecule has 2 aromatic carbocycles. The van der Waals surface area contributed by atoms with Crippen LogP contribution in [0.3, 0.4) is 0 Å². The van der Waals surface area contributed by atoms with E-state index in [0.717, 1.165) is 36.4 Å². The third-order valence-electron chi connectivity index (χ3n) is 3.32. The van der Waals surface area contributed by atoms with E-state index in [9.17, 15) is 0 Å². The highest BCUT2D eigenvalue weighted by Crippen LogP contribution is 2.26. The van der Waals surface area contributed by atoms with E-state index in [1.807, 2.05) is 18.2 Å². The Hall–Kier alpha value is -1.67. The lowest BCUT2D eigenvalue weighted by Gasteiger charge is -2.10. The third kappa shape index (κ3) is 4.68. The Morgan fingerprint density at radius 2 is 1.71 bits per heavy atom. The summed E-state index contributed by atoms with van der Waals surface area (Å²) in [4.78, 5) is 0. The Labute approximate surface area is 132 Å². The van der Waals surface area contributed by atoms with Crippen LogP contribution in [0.1, 0.15) is 31.4 Å². The van der Waals surface area contributed by atoms with Crippen molar-refractivity contribution < 1.29 is 4.74 Å². The van der Waals surface area contributed by atoms with Crippen molar-refractivity contribution in [2.45, 2.75) is 33.2 Å². The van der Waals surface area contributed by atoms with Crippen LogP contribution in [0.25, 0.3) is 0 Å². The normalized spacial score (nSPS) is 10.4. The fraction of sp³-hybridized carbons (Fsp3) is 0.333. The van der Waals surface area contributed by atoms with Crippen molar-refractivity contribution in [1.29, 1.82) is 0 Å². The Bertz CT molecular complexity index is 566. The molecule has 21 heavy (non-hydrogen) atoms. The SMILES string of the molecule is CCCOc1ccc(CNc2ccc(CC)cc2)cc1Cl. The molecule has 2 aromatic rings. The van der Waals surface area contributed by atoms with Crippen LogP contribution in [-0.2, 0) is 13.0 Å². The van der Waals surface area contributed by atoms with E-state index in [-0.39, 0.29) is 0 Å². The van der Waals surface area contributed by atoms with E-state index in [0.29, 0.717) is 11.6 Å². The van der Waals surface area contributed by atoms with E-state index in [4.69, 9.17) is 16.3 Å². The Morgan fingerprint density at radius 3 is 2.33 bits per heavy atom. The first-order chi connectivity index (χ1) is 10.2. The summed E-state index contributed by atoms with van der Waals surface area (Å²) in [7, 11) is 0. The number of nitrogens with one attached hydrogen (secondary N) is 1. The quantitative estimate of drug-likeness (QED) is 0.749. The molecule has 0 saturated heterocycles. The van der Waals surface area contributed by atoms with Crippen LogP contribution in [0.5, 0.6) is 5.75 Å². The highest BCUT2D eigenvalue weighted by atomic mass is 35.5. The zero-order valence-corrected chi connectivity index (χ0v) is 13.4. The molecule has 0 aromatic heterocycles. The van der Waals surface area contributed by atoms with Gasteiger partial charge in [-0.3, -0.25) is 0 Å². The van der Waals surface area contributed by atoms with Crippen LogP contribution in [0.2, 0.25) is 5.02 Å². The molecular weight excluding hydrogens is 282 g/mol. The highest BCUT2D eigenvalue weighted by molar-refractivity contribution is 6.32. The predicted octanol–water partition coefficient (Wildman–Crippen LogP) is 5.30. The Morgan fingerprint density at radius 1 is 1.00 bits per heavy atom. The van der Waals surface area contributed by atoms with Crippen molar-refractivity contribution in [2.24, 2.45) is 0 Å². The van der Waals surface area contributed by atoms with Crippen molar-refractivity contribution in [1.82, 2.24) is 0 Å². The monoisotopic (exact) mass is 303 g/mol. The second-order valence-corrected chi connectivity index (χ2v) is 5.42.